The zero-order chi connectivity index (χ0) is 13.7. The molecule has 0 bridgehead atoms. The van der Waals surface area contributed by atoms with Crippen LogP contribution in [0.1, 0.15) is 11.3 Å². The maximum atomic E-state index is 9.20. The van der Waals surface area contributed by atoms with Crippen molar-refractivity contribution in [2.75, 3.05) is 6.54 Å². The Morgan fingerprint density at radius 3 is 2.58 bits per heavy atom. The molecule has 0 aliphatic heterocycles. The first-order valence-electron chi connectivity index (χ1n) is 5.93. The number of phenolic OH excluding ortho intramolecular Hbond substituents is 1. The van der Waals surface area contributed by atoms with E-state index in [1.165, 1.54) is 5.56 Å². The van der Waals surface area contributed by atoms with Gasteiger partial charge in [0.25, 0.3) is 0 Å². The molecule has 2 aromatic rings. The molecule has 0 saturated heterocycles. The molecule has 3 nitrogen and oxygen atoms in total. The Morgan fingerprint density at radius 1 is 1.16 bits per heavy atom. The summed E-state index contributed by atoms with van der Waals surface area (Å²) in [7, 11) is 0. The van der Waals surface area contributed by atoms with Gasteiger partial charge in [-0.15, -0.1) is 0 Å². The highest BCUT2D eigenvalue weighted by atomic mass is 79.9. The van der Waals surface area contributed by atoms with E-state index < -0.39 is 0 Å². The highest BCUT2D eigenvalue weighted by molar-refractivity contribution is 9.11. The average molecular weight is 386 g/mol. The van der Waals surface area contributed by atoms with Gasteiger partial charge in [-0.2, -0.15) is 0 Å². The number of benzene rings is 1. The molecule has 1 aromatic carbocycles. The molecule has 2 N–H and O–H groups in total. The van der Waals surface area contributed by atoms with Gasteiger partial charge in [-0.25, -0.2) is 0 Å². The van der Waals surface area contributed by atoms with E-state index in [2.05, 4.69) is 42.2 Å². The van der Waals surface area contributed by atoms with Crippen molar-refractivity contribution in [1.29, 1.82) is 0 Å². The first-order chi connectivity index (χ1) is 9.15. The van der Waals surface area contributed by atoms with Crippen LogP contribution in [0.4, 0.5) is 0 Å². The fraction of sp³-hybridized carbons (Fsp3) is 0.214. The number of nitrogens with zero attached hydrogens (tertiary/aromatic N) is 1. The number of hydrogen-bond donors (Lipinski definition) is 2. The predicted molar refractivity (Wildman–Crippen MR) is 83.2 cm³/mol. The summed E-state index contributed by atoms with van der Waals surface area (Å²) in [4.78, 5) is 4.34. The van der Waals surface area contributed by atoms with Crippen molar-refractivity contribution in [2.45, 2.75) is 13.0 Å². The molecule has 0 spiro atoms. The third-order valence-corrected chi connectivity index (χ3v) is 3.82. The quantitative estimate of drug-likeness (QED) is 0.772. The molecule has 1 aromatic heterocycles. The van der Waals surface area contributed by atoms with Gasteiger partial charge >= 0.3 is 0 Å². The SMILES string of the molecule is Oc1ccc(CCNCc2ncc(Br)cc2Br)cc1. The van der Waals surface area contributed by atoms with Gasteiger partial charge < -0.3 is 10.4 Å². The Balaban J connectivity index is 1.79. The number of phenols is 1. The molecule has 0 aliphatic carbocycles. The van der Waals surface area contributed by atoms with Crippen LogP contribution >= 0.6 is 31.9 Å². The lowest BCUT2D eigenvalue weighted by molar-refractivity contribution is 0.475. The molecule has 100 valence electrons. The smallest absolute Gasteiger partial charge is 0.115 e. The van der Waals surface area contributed by atoms with Crippen LogP contribution in [0.25, 0.3) is 0 Å². The number of aromatic hydroxyl groups is 1. The molecule has 0 aliphatic rings. The Hall–Kier alpha value is -0.910. The summed E-state index contributed by atoms with van der Waals surface area (Å²) in [6, 6.07) is 9.28. The fourth-order valence-electron chi connectivity index (χ4n) is 1.68. The summed E-state index contributed by atoms with van der Waals surface area (Å²) in [6.45, 7) is 1.60. The second-order valence-electron chi connectivity index (χ2n) is 4.18. The van der Waals surface area contributed by atoms with Crippen LogP contribution in [0.3, 0.4) is 0 Å². The van der Waals surface area contributed by atoms with Crippen LogP contribution in [0, 0.1) is 0 Å². The Morgan fingerprint density at radius 2 is 1.89 bits per heavy atom. The second kappa shape index (κ2) is 7.03. The van der Waals surface area contributed by atoms with Crippen molar-refractivity contribution >= 4 is 31.9 Å². The van der Waals surface area contributed by atoms with E-state index in [1.807, 2.05) is 18.2 Å². The van der Waals surface area contributed by atoms with Crippen molar-refractivity contribution in [3.63, 3.8) is 0 Å². The molecule has 2 rings (SSSR count). The second-order valence-corrected chi connectivity index (χ2v) is 5.95. The van der Waals surface area contributed by atoms with Gasteiger partial charge in [-0.3, -0.25) is 4.98 Å². The third-order valence-electron chi connectivity index (χ3n) is 2.70. The third kappa shape index (κ3) is 4.60. The lowest BCUT2D eigenvalue weighted by atomic mass is 10.1. The summed E-state index contributed by atoms with van der Waals surface area (Å²) < 4.78 is 1.96. The highest BCUT2D eigenvalue weighted by Crippen LogP contribution is 2.19. The number of nitrogens with one attached hydrogen (secondary N) is 1. The Bertz CT molecular complexity index is 544. The van der Waals surface area contributed by atoms with E-state index >= 15 is 0 Å². The van der Waals surface area contributed by atoms with Crippen LogP contribution < -0.4 is 5.32 Å². The van der Waals surface area contributed by atoms with Crippen LogP contribution in [-0.2, 0) is 13.0 Å². The summed E-state index contributed by atoms with van der Waals surface area (Å²) in [5.74, 6) is 0.305. The number of pyridine rings is 1. The molecule has 1 heterocycles. The zero-order valence-electron chi connectivity index (χ0n) is 10.2. The van der Waals surface area contributed by atoms with Gasteiger partial charge in [0.05, 0.1) is 5.69 Å². The van der Waals surface area contributed by atoms with Gasteiger partial charge in [-0.05, 0) is 68.6 Å². The summed E-state index contributed by atoms with van der Waals surface area (Å²) in [6.07, 6.45) is 2.72. The number of rotatable bonds is 5. The van der Waals surface area contributed by atoms with Crippen LogP contribution in [0.5, 0.6) is 5.75 Å². The van der Waals surface area contributed by atoms with E-state index in [1.54, 1.807) is 18.3 Å². The van der Waals surface area contributed by atoms with E-state index in [9.17, 15) is 5.11 Å². The molecular weight excluding hydrogens is 372 g/mol. The first-order valence-corrected chi connectivity index (χ1v) is 7.52. The van der Waals surface area contributed by atoms with Crippen molar-refractivity contribution in [3.05, 3.63) is 56.7 Å². The Labute approximate surface area is 129 Å². The number of halogens is 2. The molecule has 0 fully saturated rings. The highest BCUT2D eigenvalue weighted by Gasteiger charge is 2.01. The molecular formula is C14H14Br2N2O. The largest absolute Gasteiger partial charge is 0.508 e. The minimum absolute atomic E-state index is 0.305. The van der Waals surface area contributed by atoms with Crippen molar-refractivity contribution < 1.29 is 5.11 Å². The lowest BCUT2D eigenvalue weighted by Gasteiger charge is -2.06. The maximum absolute atomic E-state index is 9.20. The molecule has 5 heteroatoms. The molecule has 0 saturated carbocycles. The number of hydrogen-bond acceptors (Lipinski definition) is 3. The van der Waals surface area contributed by atoms with Crippen LogP contribution in [0.15, 0.2) is 45.5 Å². The van der Waals surface area contributed by atoms with Gasteiger partial charge in [-0.1, -0.05) is 12.1 Å². The standard InChI is InChI=1S/C14H14Br2N2O/c15-11-7-13(16)14(18-8-11)9-17-6-5-10-1-3-12(19)4-2-10/h1-4,7-8,17,19H,5-6,9H2. The minimum atomic E-state index is 0.305. The molecule has 0 unspecified atom stereocenters. The fourth-order valence-corrected chi connectivity index (χ4v) is 2.80. The molecule has 0 radical (unpaired) electrons. The lowest BCUT2D eigenvalue weighted by Crippen LogP contribution is -2.17. The Kier molecular flexibility index (Phi) is 5.36. The number of aromatic nitrogens is 1. The first kappa shape index (κ1) is 14.5. The average Bonchev–Trinajstić information content (AvgIpc) is 2.39. The summed E-state index contributed by atoms with van der Waals surface area (Å²) in [5.41, 5.74) is 2.20. The van der Waals surface area contributed by atoms with Crippen molar-refractivity contribution in [2.24, 2.45) is 0 Å². The van der Waals surface area contributed by atoms with Crippen LogP contribution in [0.2, 0.25) is 0 Å². The zero-order valence-corrected chi connectivity index (χ0v) is 13.4. The predicted octanol–water partition coefficient (Wildman–Crippen LogP) is 3.64. The van der Waals surface area contributed by atoms with Gasteiger partial charge in [0.2, 0.25) is 0 Å². The molecule has 19 heavy (non-hydrogen) atoms. The molecule has 0 atom stereocenters. The van der Waals surface area contributed by atoms with E-state index in [0.29, 0.717) is 5.75 Å². The normalized spacial score (nSPS) is 10.6. The van der Waals surface area contributed by atoms with Crippen molar-refractivity contribution in [1.82, 2.24) is 10.3 Å². The monoisotopic (exact) mass is 384 g/mol. The summed E-state index contributed by atoms with van der Waals surface area (Å²) in [5, 5.41) is 12.6. The van der Waals surface area contributed by atoms with Gasteiger partial charge in [0, 0.05) is 21.7 Å². The van der Waals surface area contributed by atoms with Gasteiger partial charge in [0.15, 0.2) is 0 Å². The topological polar surface area (TPSA) is 45.1 Å². The summed E-state index contributed by atoms with van der Waals surface area (Å²) >= 11 is 6.87. The van der Waals surface area contributed by atoms with Crippen molar-refractivity contribution in [3.8, 4) is 5.75 Å². The van der Waals surface area contributed by atoms with E-state index in [4.69, 9.17) is 0 Å². The minimum Gasteiger partial charge on any atom is -0.508 e. The maximum Gasteiger partial charge on any atom is 0.115 e. The molecule has 0 amide bonds. The van der Waals surface area contributed by atoms with Gasteiger partial charge in [0.1, 0.15) is 5.75 Å². The van der Waals surface area contributed by atoms with E-state index in [-0.39, 0.29) is 0 Å². The van der Waals surface area contributed by atoms with Crippen LogP contribution in [-0.4, -0.2) is 16.6 Å². The van der Waals surface area contributed by atoms with E-state index in [0.717, 1.165) is 34.1 Å².